The minimum absolute atomic E-state index is 0.194. The number of carbonyl (C=O) groups is 1. The predicted molar refractivity (Wildman–Crippen MR) is 115 cm³/mol. The molecule has 4 nitrogen and oxygen atoms in total. The molecule has 1 heterocycles. The summed E-state index contributed by atoms with van der Waals surface area (Å²) in [6, 6.07) is 18.1. The molecular formula is C25H27N3O. The van der Waals surface area contributed by atoms with Crippen LogP contribution in [-0.4, -0.2) is 22.2 Å². The Bertz CT molecular complexity index is 962. The minimum Gasteiger partial charge on any atom is -0.294 e. The first-order valence-electron chi connectivity index (χ1n) is 10.7. The molecule has 148 valence electrons. The number of carbonyl (C=O) groups excluding carboxylic acids is 1. The third-order valence-electron chi connectivity index (χ3n) is 6.14. The van der Waals surface area contributed by atoms with Crippen molar-refractivity contribution in [3.63, 3.8) is 0 Å². The van der Waals surface area contributed by atoms with E-state index >= 15 is 0 Å². The van der Waals surface area contributed by atoms with Crippen LogP contribution < -0.4 is 0 Å². The molecule has 0 saturated heterocycles. The van der Waals surface area contributed by atoms with Crippen LogP contribution in [0, 0.1) is 11.3 Å². The third-order valence-corrected chi connectivity index (χ3v) is 6.14. The first kappa shape index (κ1) is 19.4. The summed E-state index contributed by atoms with van der Waals surface area (Å²) in [7, 11) is 0. The van der Waals surface area contributed by atoms with Crippen LogP contribution in [0.4, 0.5) is 0 Å². The van der Waals surface area contributed by atoms with E-state index in [2.05, 4.69) is 25.1 Å². The van der Waals surface area contributed by atoms with Gasteiger partial charge in [-0.25, -0.2) is 0 Å². The number of amides is 1. The second-order valence-corrected chi connectivity index (χ2v) is 8.12. The van der Waals surface area contributed by atoms with Gasteiger partial charge >= 0.3 is 0 Å². The molecule has 1 spiro atoms. The van der Waals surface area contributed by atoms with Gasteiger partial charge in [0.15, 0.2) is 0 Å². The van der Waals surface area contributed by atoms with Gasteiger partial charge in [-0.1, -0.05) is 68.7 Å². The molecule has 29 heavy (non-hydrogen) atoms. The van der Waals surface area contributed by atoms with E-state index in [1.54, 1.807) is 0 Å². The Hall–Kier alpha value is -2.93. The molecule has 1 aliphatic heterocycles. The van der Waals surface area contributed by atoms with Gasteiger partial charge in [-0.15, -0.1) is 0 Å². The lowest BCUT2D eigenvalue weighted by atomic mass is 9.90. The van der Waals surface area contributed by atoms with E-state index in [9.17, 15) is 10.1 Å². The molecule has 1 saturated carbocycles. The molecule has 0 N–H and O–H groups in total. The zero-order valence-corrected chi connectivity index (χ0v) is 17.0. The van der Waals surface area contributed by atoms with Crippen LogP contribution in [0.15, 0.2) is 53.5 Å². The number of hydrogen-bond donors (Lipinski definition) is 0. The molecule has 2 aliphatic rings. The summed E-state index contributed by atoms with van der Waals surface area (Å²) in [6.45, 7) is 2.74. The van der Waals surface area contributed by atoms with E-state index < -0.39 is 5.54 Å². The van der Waals surface area contributed by atoms with Gasteiger partial charge in [0, 0.05) is 6.42 Å². The highest BCUT2D eigenvalue weighted by Crippen LogP contribution is 2.40. The van der Waals surface area contributed by atoms with Crippen molar-refractivity contribution in [2.24, 2.45) is 4.99 Å². The standard InChI is InChI=1S/C25H27N3O/c1-2-3-10-23-27-25(15-6-7-16-25)24(29)28(23)18-19-11-13-20(14-12-19)22-9-5-4-8-21(22)17-26/h4-5,8-9,11-14H,2-3,6-7,10,15-16,18H2,1H3/i17-1. The second-order valence-electron chi connectivity index (χ2n) is 8.12. The SMILES string of the molecule is CCCCC1=NC2(CCCC2)C(=O)N1Cc1ccc(-c2ccccc2[11C]#N)cc1. The van der Waals surface area contributed by atoms with Crippen LogP contribution in [0.5, 0.6) is 0 Å². The first-order chi connectivity index (χ1) is 14.2. The van der Waals surface area contributed by atoms with Crippen molar-refractivity contribution < 1.29 is 4.79 Å². The van der Waals surface area contributed by atoms with E-state index in [1.165, 1.54) is 0 Å². The van der Waals surface area contributed by atoms with Crippen LogP contribution in [-0.2, 0) is 11.3 Å². The van der Waals surface area contributed by atoms with E-state index in [0.717, 1.165) is 67.5 Å². The summed E-state index contributed by atoms with van der Waals surface area (Å²) < 4.78 is 0. The molecule has 2 aromatic rings. The largest absolute Gasteiger partial charge is 0.294 e. The molecular weight excluding hydrogens is 357 g/mol. The highest BCUT2D eigenvalue weighted by Gasteiger charge is 2.49. The molecule has 1 amide bonds. The molecule has 0 atom stereocenters. The summed E-state index contributed by atoms with van der Waals surface area (Å²) >= 11 is 0. The molecule has 0 unspecified atom stereocenters. The van der Waals surface area contributed by atoms with Crippen molar-refractivity contribution in [2.75, 3.05) is 0 Å². The van der Waals surface area contributed by atoms with Gasteiger partial charge < -0.3 is 0 Å². The van der Waals surface area contributed by atoms with Crippen molar-refractivity contribution in [3.8, 4) is 17.2 Å². The summed E-state index contributed by atoms with van der Waals surface area (Å²) in [5.74, 6) is 1.16. The Kier molecular flexibility index (Phi) is 5.49. The van der Waals surface area contributed by atoms with Crippen LogP contribution >= 0.6 is 0 Å². The Morgan fingerprint density at radius 2 is 1.83 bits per heavy atom. The summed E-state index contributed by atoms with van der Waals surface area (Å²) in [4.78, 5) is 20.1. The lowest BCUT2D eigenvalue weighted by Crippen LogP contribution is -2.40. The van der Waals surface area contributed by atoms with Crippen LogP contribution in [0.25, 0.3) is 11.1 Å². The second kappa shape index (κ2) is 8.21. The lowest BCUT2D eigenvalue weighted by Gasteiger charge is -2.23. The smallest absolute Gasteiger partial charge is 0.256 e. The fourth-order valence-electron chi connectivity index (χ4n) is 4.50. The molecule has 4 rings (SSSR count). The Morgan fingerprint density at radius 1 is 1.10 bits per heavy atom. The van der Waals surface area contributed by atoms with E-state index in [4.69, 9.17) is 4.99 Å². The molecule has 0 bridgehead atoms. The minimum atomic E-state index is -0.477. The van der Waals surface area contributed by atoms with Crippen molar-refractivity contribution >= 4 is 11.7 Å². The zero-order chi connectivity index (χ0) is 20.3. The van der Waals surface area contributed by atoms with Gasteiger partial charge in [0.2, 0.25) is 0 Å². The van der Waals surface area contributed by atoms with Crippen molar-refractivity contribution in [2.45, 2.75) is 64.0 Å². The number of unbranched alkanes of at least 4 members (excludes halogenated alkanes) is 1. The Balaban J connectivity index is 1.56. The average molecular weight is 385 g/mol. The maximum absolute atomic E-state index is 13.3. The molecule has 0 radical (unpaired) electrons. The van der Waals surface area contributed by atoms with Gasteiger partial charge in [0.25, 0.3) is 5.91 Å². The third kappa shape index (κ3) is 3.70. The maximum atomic E-state index is 13.3. The Morgan fingerprint density at radius 3 is 2.52 bits per heavy atom. The van der Waals surface area contributed by atoms with Crippen LogP contribution in [0.3, 0.4) is 0 Å². The topological polar surface area (TPSA) is 56.5 Å². The van der Waals surface area contributed by atoms with Crippen LogP contribution in [0.1, 0.15) is 63.0 Å². The normalized spacial score (nSPS) is 17.6. The molecule has 4 heteroatoms. The monoisotopic (exact) mass is 384 g/mol. The quantitative estimate of drug-likeness (QED) is 0.663. The zero-order valence-electron chi connectivity index (χ0n) is 17.0. The first-order valence-corrected chi connectivity index (χ1v) is 10.7. The van der Waals surface area contributed by atoms with E-state index in [1.807, 2.05) is 41.3 Å². The number of amidine groups is 1. The number of benzene rings is 2. The summed E-state index contributed by atoms with van der Waals surface area (Å²) in [5.41, 5.74) is 3.25. The molecule has 2 aromatic carbocycles. The number of rotatable bonds is 6. The molecule has 0 aromatic heterocycles. The van der Waals surface area contributed by atoms with Crippen molar-refractivity contribution in [1.82, 2.24) is 4.90 Å². The van der Waals surface area contributed by atoms with Gasteiger partial charge in [0.1, 0.15) is 11.4 Å². The predicted octanol–water partition coefficient (Wildman–Crippen LogP) is 5.47. The highest BCUT2D eigenvalue weighted by molar-refractivity contribution is 6.08. The fraction of sp³-hybridized carbons (Fsp3) is 0.400. The van der Waals surface area contributed by atoms with E-state index in [-0.39, 0.29) is 5.91 Å². The van der Waals surface area contributed by atoms with Gasteiger partial charge in [-0.05, 0) is 42.0 Å². The summed E-state index contributed by atoms with van der Waals surface area (Å²) in [5, 5.41) is 9.35. The van der Waals surface area contributed by atoms with Crippen LogP contribution in [0.2, 0.25) is 0 Å². The lowest BCUT2D eigenvalue weighted by molar-refractivity contribution is -0.131. The van der Waals surface area contributed by atoms with Gasteiger partial charge in [0.05, 0.1) is 18.2 Å². The number of hydrogen-bond acceptors (Lipinski definition) is 3. The van der Waals surface area contributed by atoms with E-state index in [0.29, 0.717) is 12.1 Å². The van der Waals surface area contributed by atoms with Gasteiger partial charge in [-0.3, -0.25) is 14.7 Å². The molecule has 1 fully saturated rings. The summed E-state index contributed by atoms with van der Waals surface area (Å²) in [6.07, 6.45) is 7.00. The number of nitrogens with zero attached hydrogens (tertiary/aromatic N) is 3. The number of aliphatic imine (C=N–C) groups is 1. The van der Waals surface area contributed by atoms with Crippen molar-refractivity contribution in [3.05, 3.63) is 59.7 Å². The van der Waals surface area contributed by atoms with Crippen molar-refractivity contribution in [1.29, 1.82) is 5.26 Å². The fourth-order valence-corrected chi connectivity index (χ4v) is 4.50. The highest BCUT2D eigenvalue weighted by atomic mass is 16.2. The Labute approximate surface area is 172 Å². The number of nitriles is 1. The van der Waals surface area contributed by atoms with Gasteiger partial charge in [-0.2, -0.15) is 5.26 Å². The molecule has 1 aliphatic carbocycles. The average Bonchev–Trinajstić information content (AvgIpc) is 3.33. The maximum Gasteiger partial charge on any atom is 0.256 e.